The van der Waals surface area contributed by atoms with Gasteiger partial charge in [0.25, 0.3) is 0 Å². The number of aryl methyl sites for hydroxylation is 1. The zero-order chi connectivity index (χ0) is 14.4. The van der Waals surface area contributed by atoms with Crippen LogP contribution >= 0.6 is 15.9 Å². The van der Waals surface area contributed by atoms with E-state index in [9.17, 15) is 0 Å². The summed E-state index contributed by atoms with van der Waals surface area (Å²) in [5, 5.41) is 5.60. The van der Waals surface area contributed by atoms with Crippen LogP contribution in [0.3, 0.4) is 0 Å². The van der Waals surface area contributed by atoms with Crippen LogP contribution < -0.4 is 5.73 Å². The van der Waals surface area contributed by atoms with Crippen molar-refractivity contribution in [1.29, 1.82) is 0 Å². The summed E-state index contributed by atoms with van der Waals surface area (Å²) < 4.78 is 2.91. The number of nitrogens with two attached hydrogens (primary N) is 1. The number of pyridine rings is 1. The van der Waals surface area contributed by atoms with Crippen molar-refractivity contribution in [3.63, 3.8) is 0 Å². The van der Waals surface area contributed by atoms with Gasteiger partial charge in [0.2, 0.25) is 0 Å². The molecule has 0 atom stereocenters. The summed E-state index contributed by atoms with van der Waals surface area (Å²) in [4.78, 5) is 4.38. The number of nitrogens with zero attached hydrogens (tertiary/aromatic N) is 3. The maximum Gasteiger partial charge on any atom is 0.0988 e. The Hall–Kier alpha value is -1.88. The van der Waals surface area contributed by atoms with Crippen LogP contribution in [0.15, 0.2) is 28.9 Å². The van der Waals surface area contributed by atoms with E-state index in [0.29, 0.717) is 5.69 Å². The number of hydrogen-bond donors (Lipinski definition) is 1. The van der Waals surface area contributed by atoms with Gasteiger partial charge in [-0.05, 0) is 44.5 Å². The van der Waals surface area contributed by atoms with E-state index in [1.807, 2.05) is 29.8 Å². The van der Waals surface area contributed by atoms with Gasteiger partial charge in [0.05, 0.1) is 28.8 Å². The molecule has 0 fully saturated rings. The van der Waals surface area contributed by atoms with Gasteiger partial charge in [-0.25, -0.2) is 4.68 Å². The van der Waals surface area contributed by atoms with Crippen molar-refractivity contribution < 1.29 is 0 Å². The normalized spacial score (nSPS) is 11.2. The summed E-state index contributed by atoms with van der Waals surface area (Å²) in [6, 6.07) is 5.97. The van der Waals surface area contributed by atoms with Crippen molar-refractivity contribution >= 4 is 32.5 Å². The van der Waals surface area contributed by atoms with E-state index in [1.165, 1.54) is 5.56 Å². The lowest BCUT2D eigenvalue weighted by Gasteiger charge is -2.12. The Morgan fingerprint density at radius 2 is 1.95 bits per heavy atom. The van der Waals surface area contributed by atoms with Gasteiger partial charge < -0.3 is 5.73 Å². The number of nitrogen functional groups attached to an aromatic ring is 1. The molecule has 0 aliphatic rings. The molecule has 0 saturated carbocycles. The number of fused-ring (bicyclic) bond motifs is 1. The van der Waals surface area contributed by atoms with Crippen LogP contribution in [0.2, 0.25) is 0 Å². The van der Waals surface area contributed by atoms with Crippen LogP contribution in [0.4, 0.5) is 5.69 Å². The molecule has 2 N–H and O–H groups in total. The summed E-state index contributed by atoms with van der Waals surface area (Å²) in [5.41, 5.74) is 11.9. The molecule has 3 aromatic rings. The van der Waals surface area contributed by atoms with Crippen LogP contribution in [0.5, 0.6) is 0 Å². The Morgan fingerprint density at radius 3 is 2.60 bits per heavy atom. The zero-order valence-electron chi connectivity index (χ0n) is 11.6. The minimum Gasteiger partial charge on any atom is -0.396 e. The molecular weight excluding hydrogens is 316 g/mol. The third kappa shape index (κ3) is 1.89. The van der Waals surface area contributed by atoms with E-state index in [-0.39, 0.29) is 0 Å². The van der Waals surface area contributed by atoms with Crippen molar-refractivity contribution in [2.24, 2.45) is 0 Å². The second kappa shape index (κ2) is 4.59. The topological polar surface area (TPSA) is 56.7 Å². The molecule has 0 radical (unpaired) electrons. The molecule has 3 rings (SSSR count). The largest absolute Gasteiger partial charge is 0.396 e. The molecule has 5 heteroatoms. The number of benzene rings is 1. The van der Waals surface area contributed by atoms with E-state index < -0.39 is 0 Å². The lowest BCUT2D eigenvalue weighted by Crippen LogP contribution is -2.05. The van der Waals surface area contributed by atoms with E-state index in [4.69, 9.17) is 5.73 Å². The van der Waals surface area contributed by atoms with Gasteiger partial charge in [0.1, 0.15) is 0 Å². The molecule has 0 saturated heterocycles. The van der Waals surface area contributed by atoms with Gasteiger partial charge in [-0.3, -0.25) is 4.98 Å². The molecule has 2 aromatic heterocycles. The number of hydrogen-bond acceptors (Lipinski definition) is 3. The number of aromatic nitrogens is 3. The Labute approximate surface area is 125 Å². The molecule has 0 unspecified atom stereocenters. The van der Waals surface area contributed by atoms with Crippen LogP contribution in [-0.4, -0.2) is 14.8 Å². The Balaban J connectivity index is 2.43. The molecule has 1 aromatic carbocycles. The molecule has 102 valence electrons. The number of anilines is 1. The standard InChI is InChI=1S/C15H15BrN4/c1-8-9(2)19-20(10(8)3)15-12-6-11(16)4-5-14(12)18-7-13(15)17/h4-7H,17H2,1-3H3. The third-order valence-electron chi connectivity index (χ3n) is 3.69. The van der Waals surface area contributed by atoms with Crippen molar-refractivity contribution in [2.75, 3.05) is 5.73 Å². The van der Waals surface area contributed by atoms with Crippen LogP contribution in [0.25, 0.3) is 16.6 Å². The number of rotatable bonds is 1. The molecule has 4 nitrogen and oxygen atoms in total. The molecule has 0 amide bonds. The third-order valence-corrected chi connectivity index (χ3v) is 4.19. The molecule has 0 bridgehead atoms. The summed E-state index contributed by atoms with van der Waals surface area (Å²) >= 11 is 3.50. The molecule has 2 heterocycles. The van der Waals surface area contributed by atoms with Crippen molar-refractivity contribution in [3.05, 3.63) is 45.8 Å². The maximum absolute atomic E-state index is 6.16. The van der Waals surface area contributed by atoms with Gasteiger partial charge in [0.15, 0.2) is 0 Å². The minimum atomic E-state index is 0.626. The predicted molar refractivity (Wildman–Crippen MR) is 85.2 cm³/mol. The average Bonchev–Trinajstić information content (AvgIpc) is 2.66. The van der Waals surface area contributed by atoms with Gasteiger partial charge in [-0.2, -0.15) is 5.10 Å². The molecule has 20 heavy (non-hydrogen) atoms. The van der Waals surface area contributed by atoms with Crippen LogP contribution in [-0.2, 0) is 0 Å². The SMILES string of the molecule is Cc1nn(-c2c(N)cnc3ccc(Br)cc23)c(C)c1C. The van der Waals surface area contributed by atoms with Gasteiger partial charge in [-0.15, -0.1) is 0 Å². The van der Waals surface area contributed by atoms with Crippen LogP contribution in [0, 0.1) is 20.8 Å². The monoisotopic (exact) mass is 330 g/mol. The second-order valence-electron chi connectivity index (χ2n) is 4.93. The average molecular weight is 331 g/mol. The fourth-order valence-electron chi connectivity index (χ4n) is 2.34. The first-order chi connectivity index (χ1) is 9.49. The summed E-state index contributed by atoms with van der Waals surface area (Å²) in [5.74, 6) is 0. The van der Waals surface area contributed by atoms with Gasteiger partial charge >= 0.3 is 0 Å². The molecule has 0 spiro atoms. The highest BCUT2D eigenvalue weighted by Crippen LogP contribution is 2.30. The molecule has 0 aliphatic carbocycles. The maximum atomic E-state index is 6.16. The van der Waals surface area contributed by atoms with Crippen molar-refractivity contribution in [2.45, 2.75) is 20.8 Å². The first-order valence-corrected chi connectivity index (χ1v) is 7.15. The Morgan fingerprint density at radius 1 is 1.20 bits per heavy atom. The lowest BCUT2D eigenvalue weighted by molar-refractivity contribution is 0.840. The predicted octanol–water partition coefficient (Wildman–Crippen LogP) is 3.69. The summed E-state index contributed by atoms with van der Waals surface area (Å²) in [6.07, 6.45) is 1.69. The fraction of sp³-hybridized carbons (Fsp3) is 0.200. The highest BCUT2D eigenvalue weighted by atomic mass is 79.9. The van der Waals surface area contributed by atoms with E-state index in [0.717, 1.165) is 32.5 Å². The minimum absolute atomic E-state index is 0.626. The quantitative estimate of drug-likeness (QED) is 0.740. The van der Waals surface area contributed by atoms with Crippen molar-refractivity contribution in [3.8, 4) is 5.69 Å². The molecular formula is C15H15BrN4. The second-order valence-corrected chi connectivity index (χ2v) is 5.85. The molecule has 0 aliphatic heterocycles. The van der Waals surface area contributed by atoms with Crippen LogP contribution in [0.1, 0.15) is 17.0 Å². The van der Waals surface area contributed by atoms with E-state index >= 15 is 0 Å². The summed E-state index contributed by atoms with van der Waals surface area (Å²) in [7, 11) is 0. The summed E-state index contributed by atoms with van der Waals surface area (Å²) in [6.45, 7) is 6.14. The lowest BCUT2D eigenvalue weighted by atomic mass is 10.1. The highest BCUT2D eigenvalue weighted by Gasteiger charge is 2.15. The highest BCUT2D eigenvalue weighted by molar-refractivity contribution is 9.10. The van der Waals surface area contributed by atoms with Gasteiger partial charge in [-0.1, -0.05) is 15.9 Å². The zero-order valence-corrected chi connectivity index (χ0v) is 13.2. The van der Waals surface area contributed by atoms with Crippen molar-refractivity contribution in [1.82, 2.24) is 14.8 Å². The number of halogens is 1. The first-order valence-electron chi connectivity index (χ1n) is 6.36. The Bertz CT molecular complexity index is 815. The first kappa shape index (κ1) is 13.1. The van der Waals surface area contributed by atoms with E-state index in [1.54, 1.807) is 6.20 Å². The smallest absolute Gasteiger partial charge is 0.0988 e. The van der Waals surface area contributed by atoms with E-state index in [2.05, 4.69) is 39.9 Å². The fourth-order valence-corrected chi connectivity index (χ4v) is 2.70. The Kier molecular flexibility index (Phi) is 3.01. The van der Waals surface area contributed by atoms with Gasteiger partial charge in [0, 0.05) is 15.6 Å².